The van der Waals surface area contributed by atoms with E-state index in [1.807, 2.05) is 0 Å². The van der Waals surface area contributed by atoms with Gasteiger partial charge >= 0.3 is 0 Å². The Morgan fingerprint density at radius 2 is 2.13 bits per heavy atom. The maximum atomic E-state index is 6.22. The Bertz CT molecular complexity index is 528. The largest absolute Gasteiger partial charge is 0.398 e. The summed E-state index contributed by atoms with van der Waals surface area (Å²) in [6, 6.07) is 2.16. The third-order valence-corrected chi connectivity index (χ3v) is 4.07. The summed E-state index contributed by atoms with van der Waals surface area (Å²) in [5.74, 6) is 0. The van der Waals surface area contributed by atoms with E-state index in [1.165, 1.54) is 29.0 Å². The molecule has 1 aliphatic rings. The second-order valence-electron chi connectivity index (χ2n) is 4.23. The van der Waals surface area contributed by atoms with Crippen LogP contribution in [-0.4, -0.2) is 4.98 Å². The monoisotopic (exact) mass is 218 g/mol. The summed E-state index contributed by atoms with van der Waals surface area (Å²) in [7, 11) is 0. The fourth-order valence-corrected chi connectivity index (χ4v) is 3.28. The molecule has 3 heteroatoms. The smallest absolute Gasteiger partial charge is 0.125 e. The lowest BCUT2D eigenvalue weighted by Gasteiger charge is -2.16. The molecule has 0 fully saturated rings. The zero-order chi connectivity index (χ0) is 10.4. The minimum atomic E-state index is 0.985. The third-order valence-electron chi connectivity index (χ3n) is 3.13. The SMILES string of the molecule is Cc1cc2c(N)c3c(nc2s1)CCCC3. The first-order chi connectivity index (χ1) is 7.25. The molecular formula is C12H14N2S. The highest BCUT2D eigenvalue weighted by Crippen LogP contribution is 2.34. The molecule has 0 saturated heterocycles. The van der Waals surface area contributed by atoms with Gasteiger partial charge in [-0.1, -0.05) is 0 Å². The molecule has 2 aromatic heterocycles. The molecule has 2 aromatic rings. The molecule has 0 amide bonds. The number of nitrogen functional groups attached to an aromatic ring is 1. The van der Waals surface area contributed by atoms with Crippen LogP contribution in [0.4, 0.5) is 5.69 Å². The first-order valence-electron chi connectivity index (χ1n) is 5.43. The summed E-state index contributed by atoms with van der Waals surface area (Å²) in [4.78, 5) is 7.15. The number of hydrogen-bond acceptors (Lipinski definition) is 3. The van der Waals surface area contributed by atoms with Crippen LogP contribution in [0.25, 0.3) is 10.2 Å². The van der Waals surface area contributed by atoms with Gasteiger partial charge in [0.1, 0.15) is 4.83 Å². The molecular weight excluding hydrogens is 204 g/mol. The number of anilines is 1. The number of pyridine rings is 1. The van der Waals surface area contributed by atoms with E-state index in [-0.39, 0.29) is 0 Å². The zero-order valence-electron chi connectivity index (χ0n) is 8.84. The van der Waals surface area contributed by atoms with E-state index in [0.29, 0.717) is 0 Å². The molecule has 0 atom stereocenters. The zero-order valence-corrected chi connectivity index (χ0v) is 9.66. The van der Waals surface area contributed by atoms with Crippen molar-refractivity contribution in [3.8, 4) is 0 Å². The van der Waals surface area contributed by atoms with Crippen molar-refractivity contribution in [3.63, 3.8) is 0 Å². The molecule has 1 aliphatic carbocycles. The summed E-state index contributed by atoms with van der Waals surface area (Å²) in [6.45, 7) is 2.12. The van der Waals surface area contributed by atoms with Crippen molar-refractivity contribution in [1.82, 2.24) is 4.98 Å². The van der Waals surface area contributed by atoms with E-state index >= 15 is 0 Å². The maximum Gasteiger partial charge on any atom is 0.125 e. The minimum Gasteiger partial charge on any atom is -0.398 e. The number of hydrogen-bond donors (Lipinski definition) is 1. The van der Waals surface area contributed by atoms with Gasteiger partial charge in [-0.15, -0.1) is 11.3 Å². The lowest BCUT2D eigenvalue weighted by atomic mass is 9.94. The average molecular weight is 218 g/mol. The highest BCUT2D eigenvalue weighted by atomic mass is 32.1. The van der Waals surface area contributed by atoms with Gasteiger partial charge in [-0.3, -0.25) is 0 Å². The Morgan fingerprint density at radius 1 is 1.33 bits per heavy atom. The van der Waals surface area contributed by atoms with Crippen molar-refractivity contribution < 1.29 is 0 Å². The molecule has 2 N–H and O–H groups in total. The molecule has 0 aromatic carbocycles. The predicted octanol–water partition coefficient (Wildman–Crippen LogP) is 3.07. The highest BCUT2D eigenvalue weighted by molar-refractivity contribution is 7.18. The van der Waals surface area contributed by atoms with Gasteiger partial charge in [0, 0.05) is 21.6 Å². The van der Waals surface area contributed by atoms with Crippen molar-refractivity contribution in [3.05, 3.63) is 22.2 Å². The number of nitrogens with two attached hydrogens (primary N) is 1. The molecule has 0 spiro atoms. The number of aryl methyl sites for hydroxylation is 2. The molecule has 2 nitrogen and oxygen atoms in total. The Labute approximate surface area is 93.1 Å². The van der Waals surface area contributed by atoms with E-state index in [9.17, 15) is 0 Å². The standard InChI is InChI=1S/C12H14N2S/c1-7-6-9-11(13)8-4-2-3-5-10(8)14-12(9)15-7/h6H,2-5H2,1H3,(H2,13,14). The predicted molar refractivity (Wildman–Crippen MR) is 65.4 cm³/mol. The quantitative estimate of drug-likeness (QED) is 0.738. The normalized spacial score (nSPS) is 15.5. The summed E-state index contributed by atoms with van der Waals surface area (Å²) in [6.07, 6.45) is 4.73. The van der Waals surface area contributed by atoms with Crippen LogP contribution in [0.1, 0.15) is 29.0 Å². The van der Waals surface area contributed by atoms with Gasteiger partial charge in [0.05, 0.1) is 0 Å². The average Bonchev–Trinajstić information content (AvgIpc) is 2.59. The number of nitrogens with zero attached hydrogens (tertiary/aromatic N) is 1. The molecule has 3 rings (SSSR count). The van der Waals surface area contributed by atoms with Gasteiger partial charge in [-0.05, 0) is 44.2 Å². The van der Waals surface area contributed by atoms with Crippen LogP contribution in [0, 0.1) is 6.92 Å². The molecule has 2 heterocycles. The second-order valence-corrected chi connectivity index (χ2v) is 5.47. The lowest BCUT2D eigenvalue weighted by molar-refractivity contribution is 0.673. The van der Waals surface area contributed by atoms with Crippen molar-refractivity contribution in [2.24, 2.45) is 0 Å². The fourth-order valence-electron chi connectivity index (χ4n) is 2.37. The van der Waals surface area contributed by atoms with Gasteiger partial charge in [0.2, 0.25) is 0 Å². The van der Waals surface area contributed by atoms with Crippen molar-refractivity contribution in [1.29, 1.82) is 0 Å². The Morgan fingerprint density at radius 3 is 3.00 bits per heavy atom. The van der Waals surface area contributed by atoms with Gasteiger partial charge < -0.3 is 5.73 Å². The first kappa shape index (κ1) is 9.16. The van der Waals surface area contributed by atoms with Gasteiger partial charge in [0.15, 0.2) is 0 Å². The van der Waals surface area contributed by atoms with E-state index < -0.39 is 0 Å². The van der Waals surface area contributed by atoms with Gasteiger partial charge in [-0.25, -0.2) is 4.98 Å². The van der Waals surface area contributed by atoms with Crippen LogP contribution >= 0.6 is 11.3 Å². The van der Waals surface area contributed by atoms with Crippen molar-refractivity contribution >= 4 is 27.2 Å². The van der Waals surface area contributed by atoms with Crippen LogP contribution in [0.2, 0.25) is 0 Å². The lowest BCUT2D eigenvalue weighted by Crippen LogP contribution is -2.08. The maximum absolute atomic E-state index is 6.22. The summed E-state index contributed by atoms with van der Waals surface area (Å²) in [5, 5.41) is 1.16. The van der Waals surface area contributed by atoms with E-state index in [1.54, 1.807) is 11.3 Å². The number of rotatable bonds is 0. The Kier molecular flexibility index (Phi) is 1.96. The van der Waals surface area contributed by atoms with Crippen LogP contribution in [-0.2, 0) is 12.8 Å². The van der Waals surface area contributed by atoms with Crippen molar-refractivity contribution in [2.75, 3.05) is 5.73 Å². The van der Waals surface area contributed by atoms with Crippen LogP contribution in [0.15, 0.2) is 6.07 Å². The number of aromatic nitrogens is 1. The molecule has 15 heavy (non-hydrogen) atoms. The highest BCUT2D eigenvalue weighted by Gasteiger charge is 2.17. The summed E-state index contributed by atoms with van der Waals surface area (Å²) >= 11 is 1.75. The van der Waals surface area contributed by atoms with Crippen LogP contribution < -0.4 is 5.73 Å². The van der Waals surface area contributed by atoms with Crippen molar-refractivity contribution in [2.45, 2.75) is 32.6 Å². The second kappa shape index (κ2) is 3.20. The fraction of sp³-hybridized carbons (Fsp3) is 0.417. The van der Waals surface area contributed by atoms with Gasteiger partial charge in [0.25, 0.3) is 0 Å². The van der Waals surface area contributed by atoms with E-state index in [4.69, 9.17) is 10.7 Å². The summed E-state index contributed by atoms with van der Waals surface area (Å²) < 4.78 is 0. The molecule has 0 radical (unpaired) electrons. The topological polar surface area (TPSA) is 38.9 Å². The molecule has 0 aliphatic heterocycles. The third kappa shape index (κ3) is 1.34. The number of fused-ring (bicyclic) bond motifs is 2. The van der Waals surface area contributed by atoms with Gasteiger partial charge in [-0.2, -0.15) is 0 Å². The molecule has 0 saturated carbocycles. The molecule has 0 unspecified atom stereocenters. The van der Waals surface area contributed by atoms with E-state index in [2.05, 4.69) is 13.0 Å². The Balaban J connectivity index is 2.35. The minimum absolute atomic E-state index is 0.985. The molecule has 0 bridgehead atoms. The number of thiophene rings is 1. The Hall–Kier alpha value is -1.09. The van der Waals surface area contributed by atoms with Crippen LogP contribution in [0.5, 0.6) is 0 Å². The summed E-state index contributed by atoms with van der Waals surface area (Å²) in [5.41, 5.74) is 9.76. The molecule has 78 valence electrons. The van der Waals surface area contributed by atoms with E-state index in [0.717, 1.165) is 28.7 Å². The van der Waals surface area contributed by atoms with Crippen LogP contribution in [0.3, 0.4) is 0 Å². The first-order valence-corrected chi connectivity index (χ1v) is 6.25.